The molecule has 64 heavy (non-hydrogen) atoms. The zero-order chi connectivity index (χ0) is 42.1. The summed E-state index contributed by atoms with van der Waals surface area (Å²) in [6, 6.07) is 83.0. The molecule has 0 N–H and O–H groups in total. The molecule has 13 rings (SSSR count). The first-order valence-electron chi connectivity index (χ1n) is 21.9. The summed E-state index contributed by atoms with van der Waals surface area (Å²) >= 11 is 0. The molecule has 0 fully saturated rings. The van der Waals surface area contributed by atoms with Crippen molar-refractivity contribution >= 4 is 65.8 Å². The molecule has 0 saturated carbocycles. The van der Waals surface area contributed by atoms with E-state index in [2.05, 4.69) is 240 Å². The molecule has 0 spiro atoms. The molecule has 1 aliphatic heterocycles. The lowest BCUT2D eigenvalue weighted by molar-refractivity contribution is 0.872. The van der Waals surface area contributed by atoms with Crippen LogP contribution in [0.5, 0.6) is 0 Å². The lowest BCUT2D eigenvalue weighted by atomic mass is 9.93. The van der Waals surface area contributed by atoms with E-state index in [4.69, 9.17) is 10.3 Å². The molecular weight excluding hydrogens is 777 g/mol. The molecule has 4 nitrogen and oxygen atoms in total. The van der Waals surface area contributed by atoms with Gasteiger partial charge >= 0.3 is 0 Å². The fourth-order valence-electron chi connectivity index (χ4n) is 10.0. The minimum atomic E-state index is -0.426. The number of aromatic nitrogens is 2. The van der Waals surface area contributed by atoms with Crippen molar-refractivity contribution in [3.63, 3.8) is 0 Å². The summed E-state index contributed by atoms with van der Waals surface area (Å²) in [7, 11) is 0. The van der Waals surface area contributed by atoms with Gasteiger partial charge in [-0.05, 0) is 105 Å². The zero-order valence-electron chi connectivity index (χ0n) is 34.8. The second kappa shape index (κ2) is 14.6. The Morgan fingerprint density at radius 2 is 0.859 bits per heavy atom. The Hall–Kier alpha value is -8.47. The van der Waals surface area contributed by atoms with E-state index >= 15 is 0 Å². The van der Waals surface area contributed by atoms with Crippen molar-refractivity contribution in [2.45, 2.75) is 6.17 Å². The van der Waals surface area contributed by atoms with Gasteiger partial charge in [0.15, 0.2) is 0 Å². The largest absolute Gasteiger partial charge is 0.659 e. The number of rotatable bonds is 6. The molecule has 0 amide bonds. The van der Waals surface area contributed by atoms with Crippen LogP contribution in [0, 0.1) is 0 Å². The fourth-order valence-corrected chi connectivity index (χ4v) is 10.0. The van der Waals surface area contributed by atoms with Crippen LogP contribution in [-0.2, 0) is 0 Å². The topological polar surface area (TPSA) is 36.3 Å². The van der Waals surface area contributed by atoms with Gasteiger partial charge in [-0.15, -0.1) is 5.69 Å². The first-order chi connectivity index (χ1) is 31.7. The molecule has 0 saturated heterocycles. The summed E-state index contributed by atoms with van der Waals surface area (Å²) < 4.78 is 4.77. The Balaban J connectivity index is 0.919. The van der Waals surface area contributed by atoms with Gasteiger partial charge in [-0.2, -0.15) is 0 Å². The lowest BCUT2D eigenvalue weighted by Crippen LogP contribution is -2.12. The summed E-state index contributed by atoms with van der Waals surface area (Å²) in [5.41, 5.74) is 16.8. The quantitative estimate of drug-likeness (QED) is 0.160. The third-order valence-electron chi connectivity index (χ3n) is 13.0. The maximum Gasteiger partial charge on any atom is 0.0695 e. The van der Waals surface area contributed by atoms with E-state index in [1.165, 1.54) is 60.2 Å². The van der Waals surface area contributed by atoms with Crippen LogP contribution in [0.15, 0.2) is 236 Å². The van der Waals surface area contributed by atoms with Gasteiger partial charge in [0.1, 0.15) is 0 Å². The van der Waals surface area contributed by atoms with Crippen LogP contribution in [0.4, 0.5) is 5.69 Å². The monoisotopic (exact) mass is 815 g/mol. The van der Waals surface area contributed by atoms with Crippen LogP contribution in [0.3, 0.4) is 0 Å². The van der Waals surface area contributed by atoms with Gasteiger partial charge in [0, 0.05) is 44.6 Å². The van der Waals surface area contributed by atoms with Crippen LogP contribution in [0.1, 0.15) is 22.9 Å². The standard InChI is InChI=1S/C60H39N4/c1-3-14-39(15-4-1)40-26-28-42(29-27-40)58-51-33-30-41-16-7-8-21-48(41)59(51)62-60(61-58)45-17-13-20-47(36-45)64-55-25-12-10-23-50(55)53-38-44(32-35-57(53)64)43-31-34-56-52(37-43)49-22-9-11-24-54(49)63(56)46-18-5-2-6-19-46/h1-38,60H/q-1. The van der Waals surface area contributed by atoms with Gasteiger partial charge in [-0.25, -0.2) is 0 Å². The van der Waals surface area contributed by atoms with Crippen molar-refractivity contribution in [3.05, 3.63) is 253 Å². The Morgan fingerprint density at radius 3 is 1.55 bits per heavy atom. The number of aliphatic imine (C=N–C) groups is 1. The van der Waals surface area contributed by atoms with Gasteiger partial charge in [0.2, 0.25) is 0 Å². The van der Waals surface area contributed by atoms with Crippen LogP contribution in [0.25, 0.3) is 93.3 Å². The molecular formula is C60H39N4-. The molecule has 1 aliphatic rings. The number of para-hydroxylation sites is 3. The molecule has 0 radical (unpaired) electrons. The van der Waals surface area contributed by atoms with Gasteiger partial charge in [0.25, 0.3) is 0 Å². The third kappa shape index (κ3) is 5.80. The highest BCUT2D eigenvalue weighted by molar-refractivity contribution is 6.21. The molecule has 2 aromatic heterocycles. The summed E-state index contributed by atoms with van der Waals surface area (Å²) in [5, 5.41) is 12.7. The Bertz CT molecular complexity index is 3800. The van der Waals surface area contributed by atoms with E-state index in [-0.39, 0.29) is 0 Å². The second-order valence-electron chi connectivity index (χ2n) is 16.7. The predicted molar refractivity (Wildman–Crippen MR) is 268 cm³/mol. The van der Waals surface area contributed by atoms with E-state index in [0.29, 0.717) is 0 Å². The van der Waals surface area contributed by atoms with E-state index < -0.39 is 6.17 Å². The second-order valence-corrected chi connectivity index (χ2v) is 16.7. The maximum absolute atomic E-state index is 5.46. The molecule has 10 aromatic carbocycles. The van der Waals surface area contributed by atoms with Gasteiger partial charge in [-0.1, -0.05) is 170 Å². The minimum absolute atomic E-state index is 0.426. The van der Waals surface area contributed by atoms with Crippen LogP contribution in [0.2, 0.25) is 0 Å². The molecule has 4 heteroatoms. The number of hydrogen-bond acceptors (Lipinski definition) is 1. The van der Waals surface area contributed by atoms with Gasteiger partial charge in [-0.3, -0.25) is 4.99 Å². The Morgan fingerprint density at radius 1 is 0.344 bits per heavy atom. The average molecular weight is 816 g/mol. The summed E-state index contributed by atoms with van der Waals surface area (Å²) in [4.78, 5) is 5.46. The number of benzene rings is 10. The van der Waals surface area contributed by atoms with Gasteiger partial charge in [0.05, 0.1) is 27.8 Å². The fraction of sp³-hybridized carbons (Fsp3) is 0.0167. The van der Waals surface area contributed by atoms with E-state index in [1.54, 1.807) is 0 Å². The Kier molecular flexibility index (Phi) is 8.25. The molecule has 300 valence electrons. The molecule has 1 atom stereocenters. The summed E-state index contributed by atoms with van der Waals surface area (Å²) in [6.07, 6.45) is -0.426. The van der Waals surface area contributed by atoms with E-state index in [1.807, 2.05) is 0 Å². The predicted octanol–water partition coefficient (Wildman–Crippen LogP) is 15.9. The van der Waals surface area contributed by atoms with Gasteiger partial charge < -0.3 is 14.5 Å². The molecule has 3 heterocycles. The first-order valence-corrected chi connectivity index (χ1v) is 21.9. The summed E-state index contributed by atoms with van der Waals surface area (Å²) in [5.74, 6) is 0. The normalized spacial score (nSPS) is 13.7. The van der Waals surface area contributed by atoms with Crippen LogP contribution in [-0.4, -0.2) is 14.8 Å². The number of hydrogen-bond donors (Lipinski definition) is 0. The molecule has 12 aromatic rings. The SMILES string of the molecule is c1ccc(-c2ccc(C3=NC(c4cccc(-n5c6ccccc6c6cc(-c7ccc8c(c7)c7ccccc7n8-c7ccccc7)ccc65)c4)[N-]c4c3ccc3ccccc43)cc2)cc1. The molecule has 0 aliphatic carbocycles. The van der Waals surface area contributed by atoms with Crippen LogP contribution < -0.4 is 0 Å². The average Bonchev–Trinajstić information content (AvgIpc) is 3.89. The van der Waals surface area contributed by atoms with Crippen molar-refractivity contribution < 1.29 is 0 Å². The highest BCUT2D eigenvalue weighted by Crippen LogP contribution is 2.46. The van der Waals surface area contributed by atoms with Crippen molar-refractivity contribution in [1.29, 1.82) is 0 Å². The number of fused-ring (bicyclic) bond motifs is 9. The maximum atomic E-state index is 5.46. The highest BCUT2D eigenvalue weighted by atomic mass is 15.1. The molecule has 1 unspecified atom stereocenters. The zero-order valence-corrected chi connectivity index (χ0v) is 34.8. The summed E-state index contributed by atoms with van der Waals surface area (Å²) in [6.45, 7) is 0. The minimum Gasteiger partial charge on any atom is -0.659 e. The van der Waals surface area contributed by atoms with Crippen molar-refractivity contribution in [1.82, 2.24) is 9.13 Å². The highest BCUT2D eigenvalue weighted by Gasteiger charge is 2.20. The van der Waals surface area contributed by atoms with Crippen LogP contribution >= 0.6 is 0 Å². The molecule has 0 bridgehead atoms. The van der Waals surface area contributed by atoms with E-state index in [0.717, 1.165) is 55.9 Å². The third-order valence-corrected chi connectivity index (χ3v) is 13.0. The smallest absolute Gasteiger partial charge is 0.0695 e. The van der Waals surface area contributed by atoms with Crippen molar-refractivity contribution in [2.24, 2.45) is 4.99 Å². The Labute approximate surface area is 370 Å². The first kappa shape index (κ1) is 36.2. The lowest BCUT2D eigenvalue weighted by Gasteiger charge is -2.39. The number of nitrogens with zero attached hydrogens (tertiary/aromatic N) is 4. The van der Waals surface area contributed by atoms with E-state index in [9.17, 15) is 0 Å². The van der Waals surface area contributed by atoms with Crippen molar-refractivity contribution in [2.75, 3.05) is 0 Å². The van der Waals surface area contributed by atoms with Crippen molar-refractivity contribution in [3.8, 4) is 33.6 Å².